The summed E-state index contributed by atoms with van der Waals surface area (Å²) >= 11 is 0. The van der Waals surface area contributed by atoms with E-state index in [2.05, 4.69) is 42.6 Å². The summed E-state index contributed by atoms with van der Waals surface area (Å²) in [6, 6.07) is 22.1. The van der Waals surface area contributed by atoms with E-state index in [9.17, 15) is 19.6 Å². The number of carboxylic acids is 1. The van der Waals surface area contributed by atoms with Gasteiger partial charge in [0, 0.05) is 59.5 Å². The topological polar surface area (TPSA) is 151 Å². The maximum absolute atomic E-state index is 14.2. The molecule has 1 aliphatic carbocycles. The number of anilines is 2. The van der Waals surface area contributed by atoms with Crippen LogP contribution in [-0.2, 0) is 10.2 Å². The van der Waals surface area contributed by atoms with Gasteiger partial charge in [-0.2, -0.15) is 5.26 Å². The van der Waals surface area contributed by atoms with Crippen molar-refractivity contribution in [3.63, 3.8) is 0 Å². The van der Waals surface area contributed by atoms with Crippen molar-refractivity contribution in [2.75, 3.05) is 10.6 Å². The number of hydrogen-bond acceptors (Lipinski definition) is 10. The predicted octanol–water partition coefficient (Wildman–Crippen LogP) is 4.95. The molecule has 2 aliphatic rings. The van der Waals surface area contributed by atoms with Crippen molar-refractivity contribution in [1.29, 1.82) is 5.26 Å². The average molecular weight is 654 g/mol. The molecule has 1 fully saturated rings. The van der Waals surface area contributed by atoms with Gasteiger partial charge in [0.15, 0.2) is 0 Å². The van der Waals surface area contributed by atoms with E-state index in [0.717, 1.165) is 35.2 Å². The first-order valence-electron chi connectivity index (χ1n) is 16.0. The Balaban J connectivity index is 1.40. The van der Waals surface area contributed by atoms with Crippen molar-refractivity contribution in [2.45, 2.75) is 43.2 Å². The highest BCUT2D eigenvalue weighted by atomic mass is 19.1. The summed E-state index contributed by atoms with van der Waals surface area (Å²) in [7, 11) is 2.02. The van der Waals surface area contributed by atoms with E-state index in [1.807, 2.05) is 56.5 Å². The summed E-state index contributed by atoms with van der Waals surface area (Å²) in [6.45, 7) is 0. The van der Waals surface area contributed by atoms with Gasteiger partial charge in [-0.05, 0) is 54.7 Å². The van der Waals surface area contributed by atoms with Gasteiger partial charge in [-0.1, -0.05) is 42.5 Å². The lowest BCUT2D eigenvalue weighted by atomic mass is 9.69. The van der Waals surface area contributed by atoms with Gasteiger partial charge >= 0.3 is 5.97 Å². The molecular formula is C36H33BFN9O2. The van der Waals surface area contributed by atoms with Crippen LogP contribution in [0.15, 0.2) is 104 Å². The first kappa shape index (κ1) is 31.6. The molecule has 5 aromatic rings. The number of benzene rings is 3. The van der Waals surface area contributed by atoms with E-state index in [1.54, 1.807) is 24.5 Å². The van der Waals surface area contributed by atoms with Gasteiger partial charge in [0.1, 0.15) is 26.1 Å². The third-order valence-electron chi connectivity index (χ3n) is 9.01. The minimum Gasteiger partial charge on any atom is -0.481 e. The molecule has 13 heteroatoms. The number of nitriles is 1. The Kier molecular flexibility index (Phi) is 8.54. The zero-order valence-corrected chi connectivity index (χ0v) is 26.7. The van der Waals surface area contributed by atoms with Crippen molar-refractivity contribution in [3.05, 3.63) is 126 Å². The third kappa shape index (κ3) is 6.59. The molecular weight excluding hydrogens is 620 g/mol. The number of aliphatic carboxylic acids is 1. The summed E-state index contributed by atoms with van der Waals surface area (Å²) in [5.41, 5.74) is 11.8. The maximum Gasteiger partial charge on any atom is 0.303 e. The van der Waals surface area contributed by atoms with E-state index in [4.69, 9.17) is 4.98 Å². The monoisotopic (exact) mass is 653 g/mol. The van der Waals surface area contributed by atoms with Crippen molar-refractivity contribution in [1.82, 2.24) is 30.9 Å². The fourth-order valence-corrected chi connectivity index (χ4v) is 6.22. The fourth-order valence-electron chi connectivity index (χ4n) is 6.22. The quantitative estimate of drug-likeness (QED) is 0.116. The first-order valence-corrected chi connectivity index (χ1v) is 16.0. The maximum atomic E-state index is 14.2. The molecule has 0 spiro atoms. The number of halogens is 1. The second kappa shape index (κ2) is 13.3. The molecule has 11 nitrogen and oxygen atoms in total. The van der Waals surface area contributed by atoms with Gasteiger partial charge < -0.3 is 21.2 Å². The number of nitrogens with one attached hydrogen (secondary N) is 4. The molecule has 0 saturated heterocycles. The van der Waals surface area contributed by atoms with Gasteiger partial charge in [-0.3, -0.25) is 14.8 Å². The molecule has 7 rings (SSSR count). The van der Waals surface area contributed by atoms with Crippen LogP contribution in [0.2, 0.25) is 0 Å². The number of hydrogen-bond donors (Lipinski definition) is 5. The molecule has 5 N–H and O–H groups in total. The number of fused-ring (bicyclic) bond motifs is 1. The van der Waals surface area contributed by atoms with E-state index >= 15 is 0 Å². The lowest BCUT2D eigenvalue weighted by Gasteiger charge is -2.34. The molecule has 0 amide bonds. The number of aromatic nitrogens is 3. The number of rotatable bonds is 12. The predicted molar refractivity (Wildman–Crippen MR) is 187 cm³/mol. The summed E-state index contributed by atoms with van der Waals surface area (Å²) in [5.74, 6) is -1.25. The minimum atomic E-state index is -0.912. The zero-order chi connectivity index (χ0) is 34.0. The second-order valence-corrected chi connectivity index (χ2v) is 12.4. The Morgan fingerprint density at radius 3 is 2.57 bits per heavy atom. The van der Waals surface area contributed by atoms with Crippen LogP contribution in [0.4, 0.5) is 15.8 Å². The summed E-state index contributed by atoms with van der Waals surface area (Å²) in [4.78, 5) is 24.9. The van der Waals surface area contributed by atoms with Crippen molar-refractivity contribution in [3.8, 4) is 17.2 Å². The Labute approximate surface area is 283 Å². The number of pyridine rings is 1. The highest BCUT2D eigenvalue weighted by molar-refractivity contribution is 6.19. The third-order valence-corrected chi connectivity index (χ3v) is 9.01. The number of carbonyl (C=O) groups is 1. The van der Waals surface area contributed by atoms with Gasteiger partial charge in [-0.15, -0.1) is 5.53 Å². The Morgan fingerprint density at radius 2 is 1.88 bits per heavy atom. The summed E-state index contributed by atoms with van der Waals surface area (Å²) in [5, 5.41) is 29.8. The molecule has 2 aromatic heterocycles. The van der Waals surface area contributed by atoms with E-state index in [0.29, 0.717) is 39.4 Å². The minimum absolute atomic E-state index is 0.0685. The lowest BCUT2D eigenvalue weighted by Crippen LogP contribution is -2.45. The molecule has 0 bridgehead atoms. The molecule has 1 unspecified atom stereocenters. The largest absolute Gasteiger partial charge is 0.481 e. The van der Waals surface area contributed by atoms with Crippen LogP contribution in [0.5, 0.6) is 0 Å². The Hall–Kier alpha value is -6.00. The normalized spacial score (nSPS) is 15.8. The fraction of sp³-hybridized carbons (Fsp3) is 0.194. The standard InChI is InChI=1S/C36H33BFN9O2/c37-36(25-6-8-26(38)9-7-25,32-20-47(46-45-32)28-10-11-28)44-27-14-29(24-17-40-21-41-18-24)35-30(15-27)34(23(16-39)19-42-35)43-31(12-13-33(48)49)22-4-2-1-3-5-22/h1-9,14-15,17-21,28,31,44-46H,10-13,37H2,(H,42,43)(H,48,49)/t31-,36?/m1/s1. The molecule has 0 radical (unpaired) electrons. The molecule has 3 aromatic carbocycles. The van der Waals surface area contributed by atoms with Crippen LogP contribution < -0.4 is 21.6 Å². The van der Waals surface area contributed by atoms with Gasteiger partial charge in [0.05, 0.1) is 33.9 Å². The van der Waals surface area contributed by atoms with Crippen LogP contribution in [0.1, 0.15) is 48.4 Å². The molecule has 1 saturated carbocycles. The van der Waals surface area contributed by atoms with Crippen LogP contribution in [-0.4, -0.2) is 44.9 Å². The van der Waals surface area contributed by atoms with E-state index in [-0.39, 0.29) is 18.7 Å². The lowest BCUT2D eigenvalue weighted by molar-refractivity contribution is -0.137. The van der Waals surface area contributed by atoms with Gasteiger partial charge in [0.25, 0.3) is 0 Å². The van der Waals surface area contributed by atoms with E-state index < -0.39 is 17.4 Å². The SMILES string of the molecule is BC(Nc1cc(-c2cncnc2)c2ncc(C#N)c(N[C@H](CCC(=O)O)c3ccccc3)c2c1)(C1=CN(C2CC2)NN1)c1ccc(F)cc1. The van der Waals surface area contributed by atoms with Crippen molar-refractivity contribution < 1.29 is 14.3 Å². The van der Waals surface area contributed by atoms with Gasteiger partial charge in [-0.25, -0.2) is 14.4 Å². The molecule has 49 heavy (non-hydrogen) atoms. The van der Waals surface area contributed by atoms with Crippen molar-refractivity contribution in [2.24, 2.45) is 0 Å². The van der Waals surface area contributed by atoms with Crippen LogP contribution in [0.3, 0.4) is 0 Å². The number of nitrogens with zero attached hydrogens (tertiary/aromatic N) is 5. The highest BCUT2D eigenvalue weighted by Gasteiger charge is 2.38. The zero-order valence-electron chi connectivity index (χ0n) is 26.7. The summed E-state index contributed by atoms with van der Waals surface area (Å²) in [6.07, 6.45) is 10.8. The van der Waals surface area contributed by atoms with Crippen LogP contribution in [0, 0.1) is 17.1 Å². The first-order chi connectivity index (χ1) is 23.8. The Bertz CT molecular complexity index is 2070. The smallest absolute Gasteiger partial charge is 0.303 e. The molecule has 1 aliphatic heterocycles. The highest BCUT2D eigenvalue weighted by Crippen LogP contribution is 2.40. The van der Waals surface area contributed by atoms with Crippen LogP contribution >= 0.6 is 0 Å². The second-order valence-electron chi connectivity index (χ2n) is 12.4. The Morgan fingerprint density at radius 1 is 1.12 bits per heavy atom. The molecule has 244 valence electrons. The van der Waals surface area contributed by atoms with Crippen LogP contribution in [0.25, 0.3) is 22.0 Å². The number of carboxylic acid groups (broad SMARTS) is 1. The summed E-state index contributed by atoms with van der Waals surface area (Å²) < 4.78 is 14.2. The van der Waals surface area contributed by atoms with Crippen molar-refractivity contribution >= 4 is 36.1 Å². The number of hydrazine groups is 2. The van der Waals surface area contributed by atoms with Gasteiger partial charge in [0.2, 0.25) is 0 Å². The molecule has 2 atom stereocenters. The molecule has 3 heterocycles. The average Bonchev–Trinajstić information content (AvgIpc) is 3.85. The van der Waals surface area contributed by atoms with E-state index in [1.165, 1.54) is 24.7 Å².